The second-order valence-corrected chi connectivity index (χ2v) is 6.00. The van der Waals surface area contributed by atoms with Gasteiger partial charge in [0.05, 0.1) is 6.04 Å². The minimum Gasteiger partial charge on any atom is -0.380 e. The quantitative estimate of drug-likeness (QED) is 0.471. The third-order valence-corrected chi connectivity index (χ3v) is 4.48. The first-order valence-corrected chi connectivity index (χ1v) is 7.84. The Balaban J connectivity index is 1.84. The van der Waals surface area contributed by atoms with Crippen molar-refractivity contribution in [3.8, 4) is 0 Å². The van der Waals surface area contributed by atoms with Crippen molar-refractivity contribution in [3.63, 3.8) is 0 Å². The van der Waals surface area contributed by atoms with E-state index < -0.39 is 6.23 Å². The van der Waals surface area contributed by atoms with Crippen molar-refractivity contribution in [2.45, 2.75) is 58.2 Å². The zero-order valence-corrected chi connectivity index (χ0v) is 12.8. The molecule has 0 aromatic heterocycles. The van der Waals surface area contributed by atoms with Crippen molar-refractivity contribution in [3.05, 3.63) is 36.2 Å². The fourth-order valence-corrected chi connectivity index (χ4v) is 3.12. The van der Waals surface area contributed by atoms with Gasteiger partial charge in [0.1, 0.15) is 6.23 Å². The molecule has 1 saturated carbocycles. The van der Waals surface area contributed by atoms with Crippen LogP contribution in [0.2, 0.25) is 0 Å². The van der Waals surface area contributed by atoms with Crippen LogP contribution in [-0.2, 0) is 0 Å². The molecular formula is C17H28N2O. The number of hydrogen-bond donors (Lipinski definition) is 3. The number of rotatable bonds is 8. The molecule has 4 atom stereocenters. The highest BCUT2D eigenvalue weighted by Crippen LogP contribution is 2.41. The molecule has 0 spiro atoms. The predicted molar refractivity (Wildman–Crippen MR) is 83.8 cm³/mol. The lowest BCUT2D eigenvalue weighted by Crippen LogP contribution is -2.38. The average Bonchev–Trinajstić information content (AvgIpc) is 3.12. The van der Waals surface area contributed by atoms with E-state index in [2.05, 4.69) is 37.6 Å². The predicted octanol–water partition coefficient (Wildman–Crippen LogP) is 3.06. The Hall–Kier alpha value is -1.22. The van der Waals surface area contributed by atoms with Gasteiger partial charge in [-0.3, -0.25) is 0 Å². The number of aliphatic hydroxyl groups excluding tert-OH is 1. The second-order valence-electron chi connectivity index (χ2n) is 6.00. The molecule has 0 aromatic carbocycles. The average molecular weight is 276 g/mol. The van der Waals surface area contributed by atoms with Crippen molar-refractivity contribution < 1.29 is 5.11 Å². The Bertz CT molecular complexity index is 413. The Morgan fingerprint density at radius 3 is 2.85 bits per heavy atom. The Morgan fingerprint density at radius 1 is 1.55 bits per heavy atom. The van der Waals surface area contributed by atoms with Crippen LogP contribution in [0.25, 0.3) is 0 Å². The van der Waals surface area contributed by atoms with Gasteiger partial charge in [-0.05, 0) is 37.2 Å². The summed E-state index contributed by atoms with van der Waals surface area (Å²) in [6.07, 6.45) is 6.87. The first-order valence-electron chi connectivity index (χ1n) is 7.84. The summed E-state index contributed by atoms with van der Waals surface area (Å²) in [5.41, 5.74) is 3.79. The molecule has 1 fully saturated rings. The number of aliphatic hydroxyl groups is 1. The molecule has 0 amide bonds. The van der Waals surface area contributed by atoms with Gasteiger partial charge in [0, 0.05) is 17.3 Å². The third kappa shape index (κ3) is 3.26. The summed E-state index contributed by atoms with van der Waals surface area (Å²) >= 11 is 0. The van der Waals surface area contributed by atoms with Crippen LogP contribution in [0, 0.1) is 11.8 Å². The van der Waals surface area contributed by atoms with E-state index in [0.717, 1.165) is 31.4 Å². The van der Waals surface area contributed by atoms with Crippen LogP contribution in [0.4, 0.5) is 0 Å². The normalized spacial score (nSPS) is 29.9. The van der Waals surface area contributed by atoms with Crippen LogP contribution in [0.5, 0.6) is 0 Å². The molecule has 3 heteroatoms. The monoisotopic (exact) mass is 276 g/mol. The van der Waals surface area contributed by atoms with Crippen molar-refractivity contribution in [2.24, 2.45) is 11.8 Å². The molecule has 2 aliphatic rings. The molecule has 1 aliphatic heterocycles. The van der Waals surface area contributed by atoms with Gasteiger partial charge in [-0.2, -0.15) is 0 Å². The number of allylic oxidation sites excluding steroid dienone is 2. The van der Waals surface area contributed by atoms with Crippen LogP contribution in [0.3, 0.4) is 0 Å². The Kier molecular flexibility index (Phi) is 4.92. The summed E-state index contributed by atoms with van der Waals surface area (Å²) in [6, 6.07) is 0.224. The first-order chi connectivity index (χ1) is 9.60. The molecular weight excluding hydrogens is 248 g/mol. The summed E-state index contributed by atoms with van der Waals surface area (Å²) in [7, 11) is 0. The second kappa shape index (κ2) is 6.49. The lowest BCUT2D eigenvalue weighted by Gasteiger charge is -2.22. The summed E-state index contributed by atoms with van der Waals surface area (Å²) in [5.74, 6) is 0.765. The summed E-state index contributed by atoms with van der Waals surface area (Å²) in [4.78, 5) is 0. The maximum Gasteiger partial charge on any atom is 0.127 e. The highest BCUT2D eigenvalue weighted by Gasteiger charge is 2.40. The van der Waals surface area contributed by atoms with E-state index in [0.29, 0.717) is 11.8 Å². The fraction of sp³-hybridized carbons (Fsp3) is 0.647. The smallest absolute Gasteiger partial charge is 0.127 e. The topological polar surface area (TPSA) is 44.3 Å². The van der Waals surface area contributed by atoms with Gasteiger partial charge in [-0.25, -0.2) is 0 Å². The van der Waals surface area contributed by atoms with E-state index in [1.807, 2.05) is 6.08 Å². The van der Waals surface area contributed by atoms with Gasteiger partial charge in [-0.15, -0.1) is 6.58 Å². The Morgan fingerprint density at radius 2 is 2.30 bits per heavy atom. The fourth-order valence-electron chi connectivity index (χ4n) is 3.12. The van der Waals surface area contributed by atoms with Crippen LogP contribution >= 0.6 is 0 Å². The number of hydrogen-bond acceptors (Lipinski definition) is 3. The molecule has 1 heterocycles. The molecule has 112 valence electrons. The molecule has 0 saturated heterocycles. The maximum absolute atomic E-state index is 10.2. The van der Waals surface area contributed by atoms with Crippen molar-refractivity contribution >= 4 is 0 Å². The van der Waals surface area contributed by atoms with Gasteiger partial charge in [0.15, 0.2) is 0 Å². The van der Waals surface area contributed by atoms with Gasteiger partial charge in [-0.1, -0.05) is 32.9 Å². The summed E-state index contributed by atoms with van der Waals surface area (Å²) < 4.78 is 0. The zero-order valence-electron chi connectivity index (χ0n) is 12.8. The lowest BCUT2D eigenvalue weighted by molar-refractivity contribution is 0.120. The van der Waals surface area contributed by atoms with E-state index in [9.17, 15) is 5.11 Å². The molecule has 3 N–H and O–H groups in total. The van der Waals surface area contributed by atoms with E-state index in [1.165, 1.54) is 17.7 Å². The molecule has 0 aromatic rings. The molecule has 2 rings (SSSR count). The standard InChI is InChI=1S/C17H28N2O/c1-5-8-13-10-16(19-15(13)7-3)11(4)18-17(20)14-9-12(14)6-2/h6,12,14,16-20H,2,4-5,7-10H2,1,3H3/t12-,14+,16?,17?/m1/s1. The Labute approximate surface area is 122 Å². The van der Waals surface area contributed by atoms with E-state index in [-0.39, 0.29) is 6.04 Å². The van der Waals surface area contributed by atoms with Gasteiger partial charge >= 0.3 is 0 Å². The highest BCUT2D eigenvalue weighted by atomic mass is 16.3. The minimum atomic E-state index is -0.493. The molecule has 20 heavy (non-hydrogen) atoms. The minimum absolute atomic E-state index is 0.224. The maximum atomic E-state index is 10.2. The third-order valence-electron chi connectivity index (χ3n) is 4.48. The van der Waals surface area contributed by atoms with Crippen molar-refractivity contribution in [1.29, 1.82) is 0 Å². The molecule has 0 radical (unpaired) electrons. The highest BCUT2D eigenvalue weighted by molar-refractivity contribution is 5.26. The van der Waals surface area contributed by atoms with Crippen LogP contribution in [0.1, 0.15) is 46.0 Å². The van der Waals surface area contributed by atoms with E-state index >= 15 is 0 Å². The summed E-state index contributed by atoms with van der Waals surface area (Å²) in [5, 5.41) is 16.9. The SMILES string of the molecule is C=C[C@@H]1C[C@@H]1C(O)NC(=C)C1CC(CCC)=C(CC)N1. The van der Waals surface area contributed by atoms with Crippen molar-refractivity contribution in [2.75, 3.05) is 0 Å². The largest absolute Gasteiger partial charge is 0.380 e. The molecule has 3 nitrogen and oxygen atoms in total. The van der Waals surface area contributed by atoms with Crippen molar-refractivity contribution in [1.82, 2.24) is 10.6 Å². The van der Waals surface area contributed by atoms with Crippen LogP contribution < -0.4 is 10.6 Å². The van der Waals surface area contributed by atoms with Crippen LogP contribution in [0.15, 0.2) is 36.2 Å². The summed E-state index contributed by atoms with van der Waals surface area (Å²) in [6.45, 7) is 12.3. The van der Waals surface area contributed by atoms with Gasteiger partial charge < -0.3 is 15.7 Å². The van der Waals surface area contributed by atoms with Gasteiger partial charge in [0.25, 0.3) is 0 Å². The molecule has 0 bridgehead atoms. The lowest BCUT2D eigenvalue weighted by atomic mass is 10.0. The zero-order chi connectivity index (χ0) is 14.7. The van der Waals surface area contributed by atoms with Gasteiger partial charge in [0.2, 0.25) is 0 Å². The number of nitrogens with one attached hydrogen (secondary N) is 2. The van der Waals surface area contributed by atoms with E-state index in [4.69, 9.17) is 0 Å². The van der Waals surface area contributed by atoms with Crippen LogP contribution in [-0.4, -0.2) is 17.4 Å². The molecule has 2 unspecified atom stereocenters. The first kappa shape index (κ1) is 15.2. The molecule has 1 aliphatic carbocycles. The van der Waals surface area contributed by atoms with E-state index in [1.54, 1.807) is 0 Å².